The molecule has 0 fully saturated rings. The molecule has 2 atom stereocenters. The molecule has 0 saturated carbocycles. The molecule has 0 bridgehead atoms. The molecular formula is C8H20N2. The quantitative estimate of drug-likeness (QED) is 0.619. The third kappa shape index (κ3) is 2.67. The topological polar surface area (TPSA) is 52.0 Å². The van der Waals surface area contributed by atoms with Crippen LogP contribution in [0.5, 0.6) is 0 Å². The molecule has 4 N–H and O–H groups in total. The van der Waals surface area contributed by atoms with Gasteiger partial charge in [0.2, 0.25) is 0 Å². The zero-order valence-electron chi connectivity index (χ0n) is 7.46. The number of hydrogen-bond acceptors (Lipinski definition) is 2. The second kappa shape index (κ2) is 3.94. The van der Waals surface area contributed by atoms with Crippen molar-refractivity contribution in [3.05, 3.63) is 0 Å². The van der Waals surface area contributed by atoms with Crippen LogP contribution in [0.2, 0.25) is 0 Å². The average molecular weight is 144 g/mol. The summed E-state index contributed by atoms with van der Waals surface area (Å²) in [5.41, 5.74) is 11.7. The Labute approximate surface area is 64.0 Å². The average Bonchev–Trinajstić information content (AvgIpc) is 1.84. The minimum atomic E-state index is 0.139. The fourth-order valence-corrected chi connectivity index (χ4v) is 0.889. The van der Waals surface area contributed by atoms with Gasteiger partial charge in [-0.05, 0) is 11.8 Å². The van der Waals surface area contributed by atoms with Crippen LogP contribution in [-0.2, 0) is 0 Å². The molecule has 0 aliphatic rings. The second-order valence-electron chi connectivity index (χ2n) is 3.64. The Morgan fingerprint density at radius 2 is 0.900 bits per heavy atom. The highest BCUT2D eigenvalue weighted by Gasteiger charge is 2.18. The molecule has 0 amide bonds. The Morgan fingerprint density at radius 3 is 1.00 bits per heavy atom. The van der Waals surface area contributed by atoms with Gasteiger partial charge in [0.1, 0.15) is 0 Å². The molecule has 0 aromatic carbocycles. The van der Waals surface area contributed by atoms with Crippen molar-refractivity contribution in [3.63, 3.8) is 0 Å². The number of rotatable bonds is 3. The molecule has 0 spiro atoms. The highest BCUT2D eigenvalue weighted by atomic mass is 14.8. The van der Waals surface area contributed by atoms with E-state index in [0.717, 1.165) is 0 Å². The van der Waals surface area contributed by atoms with E-state index >= 15 is 0 Å². The summed E-state index contributed by atoms with van der Waals surface area (Å²) in [7, 11) is 0. The summed E-state index contributed by atoms with van der Waals surface area (Å²) >= 11 is 0. The normalized spacial score (nSPS) is 18.0. The Balaban J connectivity index is 3.81. The first kappa shape index (κ1) is 9.92. The maximum atomic E-state index is 5.84. The summed E-state index contributed by atoms with van der Waals surface area (Å²) in [6.07, 6.45) is 0. The number of nitrogens with two attached hydrogens (primary N) is 2. The van der Waals surface area contributed by atoms with Gasteiger partial charge < -0.3 is 11.5 Å². The van der Waals surface area contributed by atoms with Crippen LogP contribution in [-0.4, -0.2) is 12.1 Å². The molecule has 0 rings (SSSR count). The molecule has 62 valence electrons. The van der Waals surface area contributed by atoms with Gasteiger partial charge in [-0.3, -0.25) is 0 Å². The van der Waals surface area contributed by atoms with Crippen LogP contribution in [0, 0.1) is 11.8 Å². The van der Waals surface area contributed by atoms with E-state index < -0.39 is 0 Å². The van der Waals surface area contributed by atoms with Crippen LogP contribution in [0.3, 0.4) is 0 Å². The van der Waals surface area contributed by atoms with E-state index in [1.165, 1.54) is 0 Å². The van der Waals surface area contributed by atoms with Gasteiger partial charge in [-0.25, -0.2) is 0 Å². The SMILES string of the molecule is CC(C)[C@@H](N)[C@@H](N)C(C)C. The van der Waals surface area contributed by atoms with Crippen molar-refractivity contribution in [2.75, 3.05) is 0 Å². The van der Waals surface area contributed by atoms with Crippen molar-refractivity contribution in [1.29, 1.82) is 0 Å². The van der Waals surface area contributed by atoms with E-state index in [1.54, 1.807) is 0 Å². The van der Waals surface area contributed by atoms with Crippen LogP contribution >= 0.6 is 0 Å². The summed E-state index contributed by atoms with van der Waals surface area (Å²) in [6.45, 7) is 8.42. The fraction of sp³-hybridized carbons (Fsp3) is 1.00. The maximum absolute atomic E-state index is 5.84. The summed E-state index contributed by atoms with van der Waals surface area (Å²) < 4.78 is 0. The molecule has 0 radical (unpaired) electrons. The van der Waals surface area contributed by atoms with E-state index in [2.05, 4.69) is 27.7 Å². The minimum Gasteiger partial charge on any atom is -0.326 e. The number of hydrogen-bond donors (Lipinski definition) is 2. The third-order valence-electron chi connectivity index (χ3n) is 1.98. The molecule has 0 aromatic heterocycles. The molecule has 0 aliphatic heterocycles. The largest absolute Gasteiger partial charge is 0.326 e. The Kier molecular flexibility index (Phi) is 3.91. The highest BCUT2D eigenvalue weighted by molar-refractivity contribution is 4.80. The van der Waals surface area contributed by atoms with Crippen LogP contribution < -0.4 is 11.5 Å². The predicted octanol–water partition coefficient (Wildman–Crippen LogP) is 0.953. The van der Waals surface area contributed by atoms with Gasteiger partial charge in [-0.1, -0.05) is 27.7 Å². The standard InChI is InChI=1S/C8H20N2/c1-5(2)7(9)8(10)6(3)4/h5-8H,9-10H2,1-4H3/t7-,8+. The van der Waals surface area contributed by atoms with E-state index in [-0.39, 0.29) is 12.1 Å². The van der Waals surface area contributed by atoms with Crippen molar-refractivity contribution < 1.29 is 0 Å². The van der Waals surface area contributed by atoms with E-state index in [1.807, 2.05) is 0 Å². The molecule has 10 heavy (non-hydrogen) atoms. The first-order chi connectivity index (χ1) is 4.46. The molecule has 0 aliphatic carbocycles. The molecule has 0 heterocycles. The fourth-order valence-electron chi connectivity index (χ4n) is 0.889. The predicted molar refractivity (Wildman–Crippen MR) is 45.6 cm³/mol. The van der Waals surface area contributed by atoms with Gasteiger partial charge in [0.25, 0.3) is 0 Å². The molecule has 2 nitrogen and oxygen atoms in total. The first-order valence-electron chi connectivity index (χ1n) is 3.98. The summed E-state index contributed by atoms with van der Waals surface area (Å²) in [6, 6.07) is 0.278. The first-order valence-corrected chi connectivity index (χ1v) is 3.98. The summed E-state index contributed by atoms with van der Waals surface area (Å²) in [5, 5.41) is 0. The Bertz CT molecular complexity index is 77.3. The van der Waals surface area contributed by atoms with Gasteiger partial charge in [0.05, 0.1) is 0 Å². The van der Waals surface area contributed by atoms with Gasteiger partial charge in [0, 0.05) is 12.1 Å². The van der Waals surface area contributed by atoms with Crippen molar-refractivity contribution >= 4 is 0 Å². The lowest BCUT2D eigenvalue weighted by Crippen LogP contribution is -2.47. The zero-order valence-corrected chi connectivity index (χ0v) is 7.46. The summed E-state index contributed by atoms with van der Waals surface area (Å²) in [5.74, 6) is 0.967. The molecule has 2 heteroatoms. The maximum Gasteiger partial charge on any atom is 0.0218 e. The molecule has 0 unspecified atom stereocenters. The molecule has 0 aromatic rings. The van der Waals surface area contributed by atoms with Gasteiger partial charge in [0.15, 0.2) is 0 Å². The third-order valence-corrected chi connectivity index (χ3v) is 1.98. The Hall–Kier alpha value is -0.0800. The lowest BCUT2D eigenvalue weighted by atomic mass is 9.90. The van der Waals surface area contributed by atoms with Gasteiger partial charge in [-0.15, -0.1) is 0 Å². The Morgan fingerprint density at radius 1 is 0.700 bits per heavy atom. The lowest BCUT2D eigenvalue weighted by molar-refractivity contribution is 0.348. The van der Waals surface area contributed by atoms with Crippen LogP contribution in [0.15, 0.2) is 0 Å². The molecule has 0 saturated heterocycles. The van der Waals surface area contributed by atoms with Gasteiger partial charge in [-0.2, -0.15) is 0 Å². The van der Waals surface area contributed by atoms with Crippen molar-refractivity contribution in [3.8, 4) is 0 Å². The van der Waals surface area contributed by atoms with E-state index in [0.29, 0.717) is 11.8 Å². The zero-order chi connectivity index (χ0) is 8.31. The van der Waals surface area contributed by atoms with Crippen molar-refractivity contribution in [2.24, 2.45) is 23.3 Å². The monoisotopic (exact) mass is 144 g/mol. The van der Waals surface area contributed by atoms with Crippen LogP contribution in [0.25, 0.3) is 0 Å². The van der Waals surface area contributed by atoms with E-state index in [4.69, 9.17) is 11.5 Å². The minimum absolute atomic E-state index is 0.139. The van der Waals surface area contributed by atoms with Crippen LogP contribution in [0.4, 0.5) is 0 Å². The van der Waals surface area contributed by atoms with E-state index in [9.17, 15) is 0 Å². The highest BCUT2D eigenvalue weighted by Crippen LogP contribution is 2.08. The second-order valence-corrected chi connectivity index (χ2v) is 3.64. The smallest absolute Gasteiger partial charge is 0.0218 e. The van der Waals surface area contributed by atoms with Crippen molar-refractivity contribution in [2.45, 2.75) is 39.8 Å². The van der Waals surface area contributed by atoms with Crippen molar-refractivity contribution in [1.82, 2.24) is 0 Å². The summed E-state index contributed by atoms with van der Waals surface area (Å²) in [4.78, 5) is 0. The van der Waals surface area contributed by atoms with Crippen LogP contribution in [0.1, 0.15) is 27.7 Å². The lowest BCUT2D eigenvalue weighted by Gasteiger charge is -2.26. The molecular weight excluding hydrogens is 124 g/mol. The van der Waals surface area contributed by atoms with Gasteiger partial charge >= 0.3 is 0 Å².